The summed E-state index contributed by atoms with van der Waals surface area (Å²) in [6.45, 7) is 3.47. The van der Waals surface area contributed by atoms with E-state index < -0.39 is 0 Å². The Labute approximate surface area is 90.3 Å². The number of halogens is 1. The van der Waals surface area contributed by atoms with Gasteiger partial charge in [-0.25, -0.2) is 4.98 Å². The molecule has 0 aromatic carbocycles. The van der Waals surface area contributed by atoms with Crippen molar-refractivity contribution in [2.24, 2.45) is 5.41 Å². The standard InChI is InChI=1S/C11H17ClN2/c1-11(4-2-3-5-11)8-14-7-10(6-12)13-9-14/h7,9H,2-6,8H2,1H3. The second-order valence-corrected chi connectivity index (χ2v) is 4.96. The lowest BCUT2D eigenvalue weighted by Gasteiger charge is -2.23. The van der Waals surface area contributed by atoms with Crippen molar-refractivity contribution >= 4 is 11.6 Å². The Balaban J connectivity index is 2.02. The zero-order chi connectivity index (χ0) is 10.0. The maximum absolute atomic E-state index is 5.72. The molecule has 0 saturated heterocycles. The van der Waals surface area contributed by atoms with Crippen LogP contribution in [0.25, 0.3) is 0 Å². The van der Waals surface area contributed by atoms with Crippen LogP contribution in [0.4, 0.5) is 0 Å². The Morgan fingerprint density at radius 3 is 2.79 bits per heavy atom. The Hall–Kier alpha value is -0.500. The Morgan fingerprint density at radius 2 is 2.21 bits per heavy atom. The molecule has 2 nitrogen and oxygen atoms in total. The predicted molar refractivity (Wildman–Crippen MR) is 58.4 cm³/mol. The third-order valence-electron chi connectivity index (χ3n) is 3.20. The summed E-state index contributed by atoms with van der Waals surface area (Å²) in [7, 11) is 0. The van der Waals surface area contributed by atoms with Gasteiger partial charge in [0.15, 0.2) is 0 Å². The van der Waals surface area contributed by atoms with E-state index in [9.17, 15) is 0 Å². The zero-order valence-corrected chi connectivity index (χ0v) is 9.43. The van der Waals surface area contributed by atoms with E-state index in [1.807, 2.05) is 6.33 Å². The van der Waals surface area contributed by atoms with Crippen molar-refractivity contribution in [2.45, 2.75) is 45.0 Å². The van der Waals surface area contributed by atoms with Crippen molar-refractivity contribution in [3.05, 3.63) is 18.2 Å². The van der Waals surface area contributed by atoms with Crippen LogP contribution in [-0.4, -0.2) is 9.55 Å². The van der Waals surface area contributed by atoms with E-state index in [0.29, 0.717) is 11.3 Å². The van der Waals surface area contributed by atoms with Crippen LogP contribution in [0.5, 0.6) is 0 Å². The molecule has 0 bridgehead atoms. The van der Waals surface area contributed by atoms with Crippen molar-refractivity contribution in [3.8, 4) is 0 Å². The second-order valence-electron chi connectivity index (χ2n) is 4.69. The maximum Gasteiger partial charge on any atom is 0.0950 e. The smallest absolute Gasteiger partial charge is 0.0950 e. The Morgan fingerprint density at radius 1 is 1.50 bits per heavy atom. The Kier molecular flexibility index (Phi) is 2.82. The number of alkyl halides is 1. The quantitative estimate of drug-likeness (QED) is 0.704. The molecular formula is C11H17ClN2. The van der Waals surface area contributed by atoms with Gasteiger partial charge in [0, 0.05) is 12.7 Å². The van der Waals surface area contributed by atoms with Gasteiger partial charge in [-0.3, -0.25) is 0 Å². The highest BCUT2D eigenvalue weighted by Gasteiger charge is 2.28. The first-order chi connectivity index (χ1) is 6.72. The van der Waals surface area contributed by atoms with Gasteiger partial charge in [-0.15, -0.1) is 11.6 Å². The van der Waals surface area contributed by atoms with E-state index in [2.05, 4.69) is 22.7 Å². The first-order valence-electron chi connectivity index (χ1n) is 5.28. The monoisotopic (exact) mass is 212 g/mol. The Bertz CT molecular complexity index is 300. The lowest BCUT2D eigenvalue weighted by molar-refractivity contribution is 0.281. The largest absolute Gasteiger partial charge is 0.337 e. The maximum atomic E-state index is 5.72. The molecule has 1 fully saturated rings. The molecule has 0 spiro atoms. The van der Waals surface area contributed by atoms with Crippen LogP contribution in [-0.2, 0) is 12.4 Å². The van der Waals surface area contributed by atoms with Crippen LogP contribution in [0, 0.1) is 5.41 Å². The minimum atomic E-state index is 0.490. The van der Waals surface area contributed by atoms with Crippen LogP contribution < -0.4 is 0 Å². The minimum Gasteiger partial charge on any atom is -0.337 e. The average Bonchev–Trinajstić information content (AvgIpc) is 2.75. The molecule has 3 heteroatoms. The van der Waals surface area contributed by atoms with Gasteiger partial charge in [0.1, 0.15) is 0 Å². The number of imidazole rings is 1. The van der Waals surface area contributed by atoms with Gasteiger partial charge in [0.25, 0.3) is 0 Å². The summed E-state index contributed by atoms with van der Waals surface area (Å²) in [6, 6.07) is 0. The second kappa shape index (κ2) is 3.93. The summed E-state index contributed by atoms with van der Waals surface area (Å²) >= 11 is 5.72. The molecule has 0 N–H and O–H groups in total. The number of nitrogens with zero attached hydrogens (tertiary/aromatic N) is 2. The lowest BCUT2D eigenvalue weighted by atomic mass is 9.89. The summed E-state index contributed by atoms with van der Waals surface area (Å²) in [5.74, 6) is 0.518. The molecule has 1 aromatic rings. The SMILES string of the molecule is CC1(Cn2cnc(CCl)c2)CCCC1. The van der Waals surface area contributed by atoms with E-state index >= 15 is 0 Å². The van der Waals surface area contributed by atoms with Crippen LogP contribution >= 0.6 is 11.6 Å². The van der Waals surface area contributed by atoms with Gasteiger partial charge in [-0.2, -0.15) is 0 Å². The molecule has 1 aliphatic carbocycles. The number of hydrogen-bond acceptors (Lipinski definition) is 1. The summed E-state index contributed by atoms with van der Waals surface area (Å²) in [5, 5.41) is 0. The van der Waals surface area contributed by atoms with Crippen LogP contribution in [0.1, 0.15) is 38.3 Å². The average molecular weight is 213 g/mol. The highest BCUT2D eigenvalue weighted by molar-refractivity contribution is 6.16. The molecule has 0 unspecified atom stereocenters. The molecular weight excluding hydrogens is 196 g/mol. The van der Waals surface area contributed by atoms with Gasteiger partial charge in [0.05, 0.1) is 17.9 Å². The van der Waals surface area contributed by atoms with E-state index in [-0.39, 0.29) is 0 Å². The van der Waals surface area contributed by atoms with Gasteiger partial charge in [-0.1, -0.05) is 19.8 Å². The summed E-state index contributed by atoms with van der Waals surface area (Å²) in [5.41, 5.74) is 1.47. The van der Waals surface area contributed by atoms with Gasteiger partial charge in [-0.05, 0) is 18.3 Å². The highest BCUT2D eigenvalue weighted by atomic mass is 35.5. The number of hydrogen-bond donors (Lipinski definition) is 0. The topological polar surface area (TPSA) is 17.8 Å². The molecule has 0 amide bonds. The highest BCUT2D eigenvalue weighted by Crippen LogP contribution is 2.38. The fourth-order valence-electron chi connectivity index (χ4n) is 2.39. The fourth-order valence-corrected chi connectivity index (χ4v) is 2.53. The van der Waals surface area contributed by atoms with Crippen LogP contribution in [0.3, 0.4) is 0 Å². The van der Waals surface area contributed by atoms with Gasteiger partial charge in [0.2, 0.25) is 0 Å². The van der Waals surface area contributed by atoms with Crippen LogP contribution in [0.15, 0.2) is 12.5 Å². The van der Waals surface area contributed by atoms with Gasteiger partial charge < -0.3 is 4.57 Å². The van der Waals surface area contributed by atoms with Crippen molar-refractivity contribution < 1.29 is 0 Å². The summed E-state index contributed by atoms with van der Waals surface area (Å²) in [6.07, 6.45) is 9.43. The van der Waals surface area contributed by atoms with E-state index in [1.165, 1.54) is 25.7 Å². The molecule has 78 valence electrons. The predicted octanol–water partition coefficient (Wildman–Crippen LogP) is 3.20. The fraction of sp³-hybridized carbons (Fsp3) is 0.727. The van der Waals surface area contributed by atoms with Crippen LogP contribution in [0.2, 0.25) is 0 Å². The molecule has 14 heavy (non-hydrogen) atoms. The van der Waals surface area contributed by atoms with E-state index in [4.69, 9.17) is 11.6 Å². The summed E-state index contributed by atoms with van der Waals surface area (Å²) < 4.78 is 2.18. The van der Waals surface area contributed by atoms with E-state index in [0.717, 1.165) is 12.2 Å². The molecule has 1 heterocycles. The zero-order valence-electron chi connectivity index (χ0n) is 8.67. The number of rotatable bonds is 3. The molecule has 0 radical (unpaired) electrons. The first-order valence-corrected chi connectivity index (χ1v) is 5.82. The number of aromatic nitrogens is 2. The molecule has 1 aromatic heterocycles. The molecule has 1 saturated carbocycles. The van der Waals surface area contributed by atoms with Crippen molar-refractivity contribution in [2.75, 3.05) is 0 Å². The molecule has 0 atom stereocenters. The van der Waals surface area contributed by atoms with Gasteiger partial charge >= 0.3 is 0 Å². The molecule has 0 aliphatic heterocycles. The summed E-state index contributed by atoms with van der Waals surface area (Å²) in [4.78, 5) is 4.24. The van der Waals surface area contributed by atoms with Crippen molar-refractivity contribution in [1.29, 1.82) is 0 Å². The van der Waals surface area contributed by atoms with Crippen molar-refractivity contribution in [3.63, 3.8) is 0 Å². The lowest BCUT2D eigenvalue weighted by Crippen LogP contribution is -2.18. The van der Waals surface area contributed by atoms with Crippen molar-refractivity contribution in [1.82, 2.24) is 9.55 Å². The third kappa shape index (κ3) is 2.11. The normalized spacial score (nSPS) is 20.1. The first kappa shape index (κ1) is 10.0. The molecule has 1 aliphatic rings. The minimum absolute atomic E-state index is 0.490. The third-order valence-corrected chi connectivity index (χ3v) is 3.47. The molecule has 2 rings (SSSR count). The van der Waals surface area contributed by atoms with E-state index in [1.54, 1.807) is 0 Å².